The quantitative estimate of drug-likeness (QED) is 0.739. The van der Waals surface area contributed by atoms with Crippen LogP contribution in [0, 0.1) is 0 Å². The van der Waals surface area contributed by atoms with E-state index in [0.29, 0.717) is 18.0 Å². The molecule has 0 aliphatic heterocycles. The lowest BCUT2D eigenvalue weighted by molar-refractivity contribution is -0.128. The van der Waals surface area contributed by atoms with E-state index in [1.165, 1.54) is 0 Å². The van der Waals surface area contributed by atoms with Crippen molar-refractivity contribution in [1.29, 1.82) is 0 Å². The van der Waals surface area contributed by atoms with Gasteiger partial charge in [0.05, 0.1) is 13.2 Å². The zero-order valence-electron chi connectivity index (χ0n) is 11.9. The molecule has 1 aromatic carbocycles. The van der Waals surface area contributed by atoms with Gasteiger partial charge in [-0.15, -0.1) is 0 Å². The van der Waals surface area contributed by atoms with Crippen LogP contribution in [-0.2, 0) is 4.79 Å². The van der Waals surface area contributed by atoms with E-state index in [2.05, 4.69) is 5.32 Å². The zero-order valence-corrected chi connectivity index (χ0v) is 11.9. The highest BCUT2D eigenvalue weighted by Crippen LogP contribution is 2.22. The lowest BCUT2D eigenvalue weighted by atomic mass is 10.2. The molecule has 0 bridgehead atoms. The lowest BCUT2D eigenvalue weighted by Gasteiger charge is -2.19. The minimum Gasteiger partial charge on any atom is -0.494 e. The summed E-state index contributed by atoms with van der Waals surface area (Å²) in [4.78, 5) is 13.7. The van der Waals surface area contributed by atoms with E-state index in [0.717, 1.165) is 18.8 Å². The first-order valence-electron chi connectivity index (χ1n) is 6.65. The van der Waals surface area contributed by atoms with Crippen LogP contribution in [0.15, 0.2) is 18.2 Å². The normalized spacial score (nSPS) is 10.1. The van der Waals surface area contributed by atoms with Crippen LogP contribution in [0.25, 0.3) is 0 Å². The van der Waals surface area contributed by atoms with Crippen molar-refractivity contribution in [2.75, 3.05) is 37.3 Å². The Morgan fingerprint density at radius 3 is 2.53 bits per heavy atom. The van der Waals surface area contributed by atoms with Crippen molar-refractivity contribution in [1.82, 2.24) is 4.90 Å². The van der Waals surface area contributed by atoms with Gasteiger partial charge in [0.25, 0.3) is 0 Å². The Hall–Kier alpha value is -1.91. The highest BCUT2D eigenvalue weighted by Gasteiger charge is 2.09. The lowest BCUT2D eigenvalue weighted by Crippen LogP contribution is -2.35. The van der Waals surface area contributed by atoms with Crippen molar-refractivity contribution < 1.29 is 9.53 Å². The van der Waals surface area contributed by atoms with Crippen molar-refractivity contribution in [2.45, 2.75) is 20.8 Å². The summed E-state index contributed by atoms with van der Waals surface area (Å²) in [6.45, 7) is 8.14. The number of carbonyl (C=O) groups is 1. The van der Waals surface area contributed by atoms with Gasteiger partial charge in [0.1, 0.15) is 5.75 Å². The zero-order chi connectivity index (χ0) is 14.3. The third-order valence-corrected chi connectivity index (χ3v) is 2.80. The van der Waals surface area contributed by atoms with Crippen LogP contribution in [0.1, 0.15) is 20.8 Å². The predicted octanol–water partition coefficient (Wildman–Crippen LogP) is 1.95. The molecule has 0 saturated carbocycles. The van der Waals surface area contributed by atoms with Gasteiger partial charge >= 0.3 is 0 Å². The van der Waals surface area contributed by atoms with Crippen LogP contribution < -0.4 is 15.8 Å². The maximum absolute atomic E-state index is 11.9. The Bertz CT molecular complexity index is 417. The average molecular weight is 265 g/mol. The molecule has 0 atom stereocenters. The first kappa shape index (κ1) is 15.1. The summed E-state index contributed by atoms with van der Waals surface area (Å²) in [5.74, 6) is 0.783. The number of hydrogen-bond acceptors (Lipinski definition) is 4. The molecule has 3 N–H and O–H groups in total. The first-order valence-corrected chi connectivity index (χ1v) is 6.65. The summed E-state index contributed by atoms with van der Waals surface area (Å²) in [5.41, 5.74) is 7.20. The molecule has 0 radical (unpaired) electrons. The number of nitrogens with one attached hydrogen (secondary N) is 1. The molecular weight excluding hydrogens is 242 g/mol. The van der Waals surface area contributed by atoms with E-state index < -0.39 is 0 Å². The number of nitrogens with zero attached hydrogens (tertiary/aromatic N) is 1. The molecule has 0 spiro atoms. The van der Waals surface area contributed by atoms with Crippen molar-refractivity contribution in [3.05, 3.63) is 18.2 Å². The van der Waals surface area contributed by atoms with Crippen LogP contribution in [0.4, 0.5) is 11.4 Å². The molecule has 0 aliphatic rings. The number of likely N-dealkylation sites (N-methyl/N-ethyl adjacent to an activating group) is 1. The molecule has 0 fully saturated rings. The first-order chi connectivity index (χ1) is 9.10. The predicted molar refractivity (Wildman–Crippen MR) is 78.4 cm³/mol. The summed E-state index contributed by atoms with van der Waals surface area (Å²) in [6.07, 6.45) is 0. The maximum Gasteiger partial charge on any atom is 0.241 e. The van der Waals surface area contributed by atoms with Gasteiger partial charge in [0.2, 0.25) is 5.91 Å². The van der Waals surface area contributed by atoms with Gasteiger partial charge < -0.3 is 20.7 Å². The van der Waals surface area contributed by atoms with E-state index in [1.54, 1.807) is 17.0 Å². The molecule has 1 amide bonds. The van der Waals surface area contributed by atoms with Gasteiger partial charge in [0, 0.05) is 36.6 Å². The van der Waals surface area contributed by atoms with Crippen molar-refractivity contribution in [3.8, 4) is 5.75 Å². The summed E-state index contributed by atoms with van der Waals surface area (Å²) >= 11 is 0. The van der Waals surface area contributed by atoms with Crippen molar-refractivity contribution in [3.63, 3.8) is 0 Å². The SMILES string of the molecule is CCOc1cc(N)cc(NCC(=O)N(CC)CC)c1. The fourth-order valence-corrected chi connectivity index (χ4v) is 1.84. The van der Waals surface area contributed by atoms with E-state index in [4.69, 9.17) is 10.5 Å². The third-order valence-electron chi connectivity index (χ3n) is 2.80. The molecule has 0 heterocycles. The second kappa shape index (κ2) is 7.51. The summed E-state index contributed by atoms with van der Waals surface area (Å²) in [7, 11) is 0. The molecule has 0 aromatic heterocycles. The molecule has 0 unspecified atom stereocenters. The van der Waals surface area contributed by atoms with E-state index in [-0.39, 0.29) is 12.5 Å². The summed E-state index contributed by atoms with van der Waals surface area (Å²) < 4.78 is 5.41. The molecule has 5 nitrogen and oxygen atoms in total. The van der Waals surface area contributed by atoms with Crippen LogP contribution >= 0.6 is 0 Å². The van der Waals surface area contributed by atoms with Crippen LogP contribution in [-0.4, -0.2) is 37.0 Å². The molecule has 5 heteroatoms. The number of nitrogens with two attached hydrogens (primary N) is 1. The van der Waals surface area contributed by atoms with Gasteiger partial charge in [-0.05, 0) is 26.8 Å². The van der Waals surface area contributed by atoms with Gasteiger partial charge in [-0.1, -0.05) is 0 Å². The summed E-state index contributed by atoms with van der Waals surface area (Å²) in [6, 6.07) is 5.40. The topological polar surface area (TPSA) is 67.6 Å². The number of nitrogen functional groups attached to an aromatic ring is 1. The maximum atomic E-state index is 11.9. The molecule has 1 aromatic rings. The number of carbonyl (C=O) groups excluding carboxylic acids is 1. The van der Waals surface area contributed by atoms with Gasteiger partial charge in [0.15, 0.2) is 0 Å². The van der Waals surface area contributed by atoms with Crippen LogP contribution in [0.2, 0.25) is 0 Å². The molecular formula is C14H23N3O2. The Balaban J connectivity index is 2.64. The van der Waals surface area contributed by atoms with E-state index >= 15 is 0 Å². The minimum absolute atomic E-state index is 0.0744. The number of amides is 1. The smallest absolute Gasteiger partial charge is 0.241 e. The van der Waals surface area contributed by atoms with Gasteiger partial charge in [-0.25, -0.2) is 0 Å². The molecule has 0 aliphatic carbocycles. The van der Waals surface area contributed by atoms with E-state index in [9.17, 15) is 4.79 Å². The molecule has 1 rings (SSSR count). The Morgan fingerprint density at radius 2 is 1.95 bits per heavy atom. The molecule has 0 saturated heterocycles. The number of benzene rings is 1. The Kier molecular flexibility index (Phi) is 5.99. The monoisotopic (exact) mass is 265 g/mol. The Labute approximate surface area is 114 Å². The van der Waals surface area contributed by atoms with E-state index in [1.807, 2.05) is 26.8 Å². The van der Waals surface area contributed by atoms with Crippen molar-refractivity contribution in [2.24, 2.45) is 0 Å². The number of anilines is 2. The number of ether oxygens (including phenoxy) is 1. The van der Waals surface area contributed by atoms with Gasteiger partial charge in [-0.2, -0.15) is 0 Å². The van der Waals surface area contributed by atoms with Crippen molar-refractivity contribution >= 4 is 17.3 Å². The van der Waals surface area contributed by atoms with Gasteiger partial charge in [-0.3, -0.25) is 4.79 Å². The standard InChI is InChI=1S/C14H23N3O2/c1-4-17(5-2)14(18)10-16-12-7-11(15)8-13(9-12)19-6-3/h7-9,16H,4-6,10,15H2,1-3H3. The number of rotatable bonds is 7. The van der Waals surface area contributed by atoms with Crippen LogP contribution in [0.3, 0.4) is 0 Å². The average Bonchev–Trinajstić information content (AvgIpc) is 2.37. The fraction of sp³-hybridized carbons (Fsp3) is 0.500. The fourth-order valence-electron chi connectivity index (χ4n) is 1.84. The van der Waals surface area contributed by atoms with Crippen LogP contribution in [0.5, 0.6) is 5.75 Å². The Morgan fingerprint density at radius 1 is 1.26 bits per heavy atom. The highest BCUT2D eigenvalue weighted by atomic mass is 16.5. The second-order valence-corrected chi connectivity index (χ2v) is 4.14. The second-order valence-electron chi connectivity index (χ2n) is 4.14. The molecule has 19 heavy (non-hydrogen) atoms. The minimum atomic E-state index is 0.0744. The highest BCUT2D eigenvalue weighted by molar-refractivity contribution is 5.81. The largest absolute Gasteiger partial charge is 0.494 e. The molecule has 106 valence electrons. The number of hydrogen-bond donors (Lipinski definition) is 2. The summed E-state index contributed by atoms with van der Waals surface area (Å²) in [5, 5.41) is 3.08. The third kappa shape index (κ3) is 4.69.